The number of hydrogen-bond donors (Lipinski definition) is 1. The number of hydrogen-bond acceptors (Lipinski definition) is 5. The first-order chi connectivity index (χ1) is 12.3. The second-order valence-corrected chi connectivity index (χ2v) is 7.23. The fraction of sp³-hybridized carbons (Fsp3) is 0.294. The summed E-state index contributed by atoms with van der Waals surface area (Å²) >= 11 is 7.14. The minimum atomic E-state index is -0.533. The number of nitrogens with one attached hydrogen (secondary N) is 1. The zero-order chi connectivity index (χ0) is 19.0. The van der Waals surface area contributed by atoms with Crippen LogP contribution in [0.25, 0.3) is 11.0 Å². The van der Waals surface area contributed by atoms with E-state index < -0.39 is 17.2 Å². The van der Waals surface area contributed by atoms with E-state index in [1.54, 1.807) is 37.4 Å². The third-order valence-corrected chi connectivity index (χ3v) is 5.00. The Morgan fingerprint density at radius 2 is 2.08 bits per heavy atom. The summed E-state index contributed by atoms with van der Waals surface area (Å²) in [5, 5.41) is 4.85. The molecule has 7 nitrogen and oxygen atoms in total. The number of carbonyl (C=O) groups is 1. The van der Waals surface area contributed by atoms with Gasteiger partial charge in [-0.15, -0.1) is 0 Å². The summed E-state index contributed by atoms with van der Waals surface area (Å²) < 4.78 is 6.45. The monoisotopic (exact) mass is 392 g/mol. The zero-order valence-electron chi connectivity index (χ0n) is 14.4. The van der Waals surface area contributed by atoms with Crippen LogP contribution < -0.4 is 16.6 Å². The van der Waals surface area contributed by atoms with Crippen molar-refractivity contribution in [1.82, 2.24) is 13.5 Å². The van der Waals surface area contributed by atoms with Crippen LogP contribution in [0.5, 0.6) is 0 Å². The zero-order valence-corrected chi connectivity index (χ0v) is 16.0. The van der Waals surface area contributed by atoms with Gasteiger partial charge in [-0.3, -0.25) is 18.7 Å². The lowest BCUT2D eigenvalue weighted by atomic mass is 10.2. The summed E-state index contributed by atoms with van der Waals surface area (Å²) in [5.41, 5.74) is 1.01. The van der Waals surface area contributed by atoms with Gasteiger partial charge in [-0.1, -0.05) is 17.7 Å². The van der Waals surface area contributed by atoms with E-state index in [0.29, 0.717) is 16.2 Å². The summed E-state index contributed by atoms with van der Waals surface area (Å²) in [6, 6.07) is 4.84. The van der Waals surface area contributed by atoms with Gasteiger partial charge >= 0.3 is 5.69 Å². The number of nitrogens with zero attached hydrogens (tertiary/aromatic N) is 3. The van der Waals surface area contributed by atoms with Crippen LogP contribution in [0.1, 0.15) is 25.5 Å². The first-order valence-corrected chi connectivity index (χ1v) is 9.16. The van der Waals surface area contributed by atoms with Crippen LogP contribution >= 0.6 is 23.1 Å². The fourth-order valence-electron chi connectivity index (χ4n) is 2.63. The molecule has 0 aliphatic heterocycles. The molecule has 1 aromatic carbocycles. The van der Waals surface area contributed by atoms with Crippen molar-refractivity contribution in [1.29, 1.82) is 0 Å². The van der Waals surface area contributed by atoms with Crippen LogP contribution in [0.2, 0.25) is 5.02 Å². The predicted octanol–water partition coefficient (Wildman–Crippen LogP) is 2.80. The molecule has 0 radical (unpaired) electrons. The molecule has 0 bridgehead atoms. The van der Waals surface area contributed by atoms with Gasteiger partial charge in [0.05, 0.1) is 5.52 Å². The van der Waals surface area contributed by atoms with Gasteiger partial charge < -0.3 is 5.32 Å². The van der Waals surface area contributed by atoms with Crippen molar-refractivity contribution in [2.75, 3.05) is 5.32 Å². The summed E-state index contributed by atoms with van der Waals surface area (Å²) in [4.78, 5) is 37.6. The Hall–Kier alpha value is -2.45. The lowest BCUT2D eigenvalue weighted by Gasteiger charge is -2.14. The highest BCUT2D eigenvalue weighted by atomic mass is 35.5. The normalized spacial score (nSPS) is 11.3. The van der Waals surface area contributed by atoms with Gasteiger partial charge in [0.1, 0.15) is 6.54 Å². The lowest BCUT2D eigenvalue weighted by Crippen LogP contribution is -2.42. The maximum Gasteiger partial charge on any atom is 0.332 e. The average molecular weight is 393 g/mol. The first kappa shape index (κ1) is 18.3. The van der Waals surface area contributed by atoms with Gasteiger partial charge in [0.25, 0.3) is 5.56 Å². The maximum absolute atomic E-state index is 12.7. The molecule has 9 heteroatoms. The van der Waals surface area contributed by atoms with E-state index in [0.717, 1.165) is 21.7 Å². The summed E-state index contributed by atoms with van der Waals surface area (Å²) in [5.74, 6) is -0.395. The molecule has 0 atom stereocenters. The third kappa shape index (κ3) is 3.30. The number of fused-ring (bicyclic) bond motifs is 1. The van der Waals surface area contributed by atoms with Crippen LogP contribution in [-0.4, -0.2) is 19.4 Å². The second-order valence-electron chi connectivity index (χ2n) is 6.20. The molecule has 136 valence electrons. The molecule has 0 saturated heterocycles. The van der Waals surface area contributed by atoms with Crippen LogP contribution in [0.3, 0.4) is 0 Å². The molecule has 2 heterocycles. The van der Waals surface area contributed by atoms with E-state index in [1.807, 2.05) is 6.92 Å². The Morgan fingerprint density at radius 3 is 2.73 bits per heavy atom. The first-order valence-electron chi connectivity index (χ1n) is 7.95. The van der Waals surface area contributed by atoms with E-state index in [4.69, 9.17) is 11.6 Å². The second kappa shape index (κ2) is 7.05. The van der Waals surface area contributed by atoms with Crippen molar-refractivity contribution in [2.24, 2.45) is 0 Å². The van der Waals surface area contributed by atoms with Gasteiger partial charge in [-0.25, -0.2) is 4.79 Å². The van der Waals surface area contributed by atoms with Crippen molar-refractivity contribution in [3.8, 4) is 0 Å². The molecule has 0 spiro atoms. The number of anilines is 1. The Balaban J connectivity index is 1.99. The van der Waals surface area contributed by atoms with Gasteiger partial charge in [-0.05, 0) is 50.0 Å². The van der Waals surface area contributed by atoms with Crippen molar-refractivity contribution in [2.45, 2.75) is 33.4 Å². The van der Waals surface area contributed by atoms with Crippen molar-refractivity contribution in [3.05, 3.63) is 55.0 Å². The van der Waals surface area contributed by atoms with Crippen molar-refractivity contribution < 1.29 is 4.79 Å². The molecule has 0 saturated carbocycles. The van der Waals surface area contributed by atoms with Crippen LogP contribution in [0, 0.1) is 6.92 Å². The SMILES string of the molecule is Cc1ccc(NC(=O)Cn2c(=O)n(C(C)C)c(=O)c3nscc32)cc1Cl. The quantitative estimate of drug-likeness (QED) is 0.739. The molecule has 0 fully saturated rings. The smallest absolute Gasteiger partial charge is 0.324 e. The van der Waals surface area contributed by atoms with Gasteiger partial charge in [0.2, 0.25) is 5.91 Å². The molecule has 2 aromatic heterocycles. The standard InChI is InChI=1S/C17H17ClN4O3S/c1-9(2)22-16(24)15-13(8-26-20-15)21(17(22)25)7-14(23)19-11-5-4-10(3)12(18)6-11/h4-6,8-9H,7H2,1-3H3,(H,19,23). The Morgan fingerprint density at radius 1 is 1.35 bits per heavy atom. The largest absolute Gasteiger partial charge is 0.332 e. The topological polar surface area (TPSA) is 86.0 Å². The highest BCUT2D eigenvalue weighted by Crippen LogP contribution is 2.20. The van der Waals surface area contributed by atoms with Crippen LogP contribution in [0.4, 0.5) is 5.69 Å². The summed E-state index contributed by atoms with van der Waals surface area (Å²) in [6.45, 7) is 5.11. The molecule has 0 unspecified atom stereocenters. The Labute approximate surface area is 158 Å². The van der Waals surface area contributed by atoms with E-state index in [-0.39, 0.29) is 18.1 Å². The van der Waals surface area contributed by atoms with E-state index >= 15 is 0 Å². The predicted molar refractivity (Wildman–Crippen MR) is 103 cm³/mol. The molecular formula is C17H17ClN4O3S. The number of benzene rings is 1. The minimum Gasteiger partial charge on any atom is -0.324 e. The van der Waals surface area contributed by atoms with E-state index in [1.165, 1.54) is 4.57 Å². The molecule has 3 rings (SSSR count). The maximum atomic E-state index is 12.7. The Bertz CT molecular complexity index is 1110. The number of aryl methyl sites for hydroxylation is 1. The summed E-state index contributed by atoms with van der Waals surface area (Å²) in [7, 11) is 0. The van der Waals surface area contributed by atoms with Crippen LogP contribution in [-0.2, 0) is 11.3 Å². The molecular weight excluding hydrogens is 376 g/mol. The minimum absolute atomic E-state index is 0.189. The number of aromatic nitrogens is 3. The van der Waals surface area contributed by atoms with Gasteiger partial charge in [0, 0.05) is 22.1 Å². The van der Waals surface area contributed by atoms with E-state index in [9.17, 15) is 14.4 Å². The molecule has 3 aromatic rings. The molecule has 0 aliphatic carbocycles. The number of halogens is 1. The molecule has 1 N–H and O–H groups in total. The highest BCUT2D eigenvalue weighted by molar-refractivity contribution is 7.04. The molecule has 1 amide bonds. The highest BCUT2D eigenvalue weighted by Gasteiger charge is 2.18. The number of amides is 1. The average Bonchev–Trinajstić information content (AvgIpc) is 3.04. The van der Waals surface area contributed by atoms with Gasteiger partial charge in [0.15, 0.2) is 5.52 Å². The van der Waals surface area contributed by atoms with E-state index in [2.05, 4.69) is 9.69 Å². The Kier molecular flexibility index (Phi) is 4.97. The molecule has 26 heavy (non-hydrogen) atoms. The van der Waals surface area contributed by atoms with Crippen molar-refractivity contribution in [3.63, 3.8) is 0 Å². The van der Waals surface area contributed by atoms with Crippen LogP contribution in [0.15, 0.2) is 33.2 Å². The van der Waals surface area contributed by atoms with Crippen molar-refractivity contribution >= 4 is 45.8 Å². The fourth-order valence-corrected chi connectivity index (χ4v) is 3.48. The molecule has 0 aliphatic rings. The van der Waals surface area contributed by atoms with Gasteiger partial charge in [-0.2, -0.15) is 4.37 Å². The lowest BCUT2D eigenvalue weighted by molar-refractivity contribution is -0.116. The third-order valence-electron chi connectivity index (χ3n) is 3.97. The number of rotatable bonds is 4. The summed E-state index contributed by atoms with van der Waals surface area (Å²) in [6.07, 6.45) is 0. The number of carbonyl (C=O) groups excluding carboxylic acids is 1.